The van der Waals surface area contributed by atoms with E-state index in [0.717, 1.165) is 0 Å². The van der Waals surface area contributed by atoms with E-state index in [1.165, 1.54) is 0 Å². The Balaban J connectivity index is 0. The minimum Gasteiger partial charge on any atom is -0.320 e. The summed E-state index contributed by atoms with van der Waals surface area (Å²) in [6.07, 6.45) is 4.65. The van der Waals surface area contributed by atoms with Gasteiger partial charge in [-0.3, -0.25) is 4.55 Å². The molecule has 0 radical (unpaired) electrons. The van der Waals surface area contributed by atoms with Crippen LogP contribution in [0.3, 0.4) is 0 Å². The number of nitrogens with two attached hydrogens (primary N) is 1. The molecule has 0 heterocycles. The summed E-state index contributed by atoms with van der Waals surface area (Å²) in [5.74, 6) is 2.21. The molecule has 12 heavy (non-hydrogen) atoms. The van der Waals surface area contributed by atoms with Crippen molar-refractivity contribution in [2.45, 2.75) is 5.51 Å². The monoisotopic (exact) mass is 205 g/mol. The van der Waals surface area contributed by atoms with Crippen molar-refractivity contribution in [3.8, 4) is 12.3 Å². The van der Waals surface area contributed by atoms with Gasteiger partial charge in [-0.25, -0.2) is 0 Å². The van der Waals surface area contributed by atoms with E-state index in [1.807, 2.05) is 0 Å². The normalized spacial score (nSPS) is 11.0. The maximum Gasteiger partial charge on any atom is 0.522 e. The van der Waals surface area contributed by atoms with Crippen LogP contribution in [0.5, 0.6) is 0 Å². The SMILES string of the molecule is C#CCN.O=S(=O)(O)C(F)(F)F. The van der Waals surface area contributed by atoms with Gasteiger partial charge in [0.25, 0.3) is 0 Å². The van der Waals surface area contributed by atoms with E-state index in [9.17, 15) is 13.2 Å². The summed E-state index contributed by atoms with van der Waals surface area (Å²) in [6, 6.07) is 0. The van der Waals surface area contributed by atoms with Gasteiger partial charge in [0.05, 0.1) is 6.54 Å². The summed E-state index contributed by atoms with van der Waals surface area (Å²) in [4.78, 5) is 0. The Morgan fingerprint density at radius 2 is 1.67 bits per heavy atom. The van der Waals surface area contributed by atoms with Crippen LogP contribution in [0.15, 0.2) is 0 Å². The Kier molecular flexibility index (Phi) is 5.71. The fraction of sp³-hybridized carbons (Fsp3) is 0.500. The highest BCUT2D eigenvalue weighted by molar-refractivity contribution is 7.86. The molecule has 72 valence electrons. The Morgan fingerprint density at radius 3 is 1.67 bits per heavy atom. The van der Waals surface area contributed by atoms with Crippen molar-refractivity contribution < 1.29 is 26.1 Å². The Hall–Kier alpha value is -0.780. The van der Waals surface area contributed by atoms with Crippen LogP contribution in [0.2, 0.25) is 0 Å². The Bertz CT molecular complexity index is 250. The molecule has 0 bridgehead atoms. The lowest BCUT2D eigenvalue weighted by Gasteiger charge is -1.97. The van der Waals surface area contributed by atoms with Crippen LogP contribution in [0, 0.1) is 12.3 Å². The number of terminal acetylenes is 1. The van der Waals surface area contributed by atoms with Crippen LogP contribution in [0.1, 0.15) is 0 Å². The average molecular weight is 205 g/mol. The highest BCUT2D eigenvalue weighted by atomic mass is 32.2. The number of rotatable bonds is 0. The summed E-state index contributed by atoms with van der Waals surface area (Å²) < 4.78 is 57.5. The van der Waals surface area contributed by atoms with Crippen molar-refractivity contribution in [1.29, 1.82) is 0 Å². The third-order valence-corrected chi connectivity index (χ3v) is 0.995. The second-order valence-electron chi connectivity index (χ2n) is 1.33. The van der Waals surface area contributed by atoms with E-state index >= 15 is 0 Å². The lowest BCUT2D eigenvalue weighted by Crippen LogP contribution is -2.21. The van der Waals surface area contributed by atoms with Crippen LogP contribution in [0.4, 0.5) is 13.2 Å². The molecular weight excluding hydrogens is 199 g/mol. The first kappa shape index (κ1) is 13.8. The zero-order valence-corrected chi connectivity index (χ0v) is 6.48. The van der Waals surface area contributed by atoms with Crippen molar-refractivity contribution in [2.75, 3.05) is 6.54 Å². The third kappa shape index (κ3) is 7.33. The zero-order valence-electron chi connectivity index (χ0n) is 5.67. The van der Waals surface area contributed by atoms with Gasteiger partial charge in [-0.15, -0.1) is 6.42 Å². The molecule has 0 fully saturated rings. The summed E-state index contributed by atoms with van der Waals surface area (Å²) in [5.41, 5.74) is -0.743. The molecule has 0 aromatic heterocycles. The van der Waals surface area contributed by atoms with Gasteiger partial charge in [0, 0.05) is 0 Å². The van der Waals surface area contributed by atoms with E-state index in [-0.39, 0.29) is 0 Å². The molecule has 0 unspecified atom stereocenters. The minimum absolute atomic E-state index is 0.347. The standard InChI is InChI=1S/C3H5N.CHF3O3S/c1-2-3-4;2-1(3,4)8(5,6)7/h1H,3-4H2;(H,5,6,7). The van der Waals surface area contributed by atoms with Crippen LogP contribution in [-0.2, 0) is 10.1 Å². The predicted molar refractivity (Wildman–Crippen MR) is 35.5 cm³/mol. The molecule has 8 heteroatoms. The van der Waals surface area contributed by atoms with Crippen molar-refractivity contribution in [2.24, 2.45) is 5.73 Å². The van der Waals surface area contributed by atoms with E-state index in [0.29, 0.717) is 6.54 Å². The van der Waals surface area contributed by atoms with Crippen molar-refractivity contribution in [3.63, 3.8) is 0 Å². The maximum absolute atomic E-state index is 10.7. The van der Waals surface area contributed by atoms with E-state index in [1.54, 1.807) is 0 Å². The molecule has 0 rings (SSSR count). The maximum atomic E-state index is 10.7. The Labute approximate surface area is 67.3 Å². The van der Waals surface area contributed by atoms with Gasteiger partial charge >= 0.3 is 15.6 Å². The molecular formula is C4H6F3NO3S. The largest absolute Gasteiger partial charge is 0.522 e. The lowest BCUT2D eigenvalue weighted by atomic mass is 10.7. The molecule has 0 aliphatic rings. The first-order valence-corrected chi connectivity index (χ1v) is 3.78. The molecule has 3 N–H and O–H groups in total. The van der Waals surface area contributed by atoms with Crippen molar-refractivity contribution in [1.82, 2.24) is 0 Å². The average Bonchev–Trinajstić information content (AvgIpc) is 1.84. The van der Waals surface area contributed by atoms with Crippen LogP contribution in [-0.4, -0.2) is 25.0 Å². The van der Waals surface area contributed by atoms with Gasteiger partial charge in [-0.2, -0.15) is 21.6 Å². The fourth-order valence-corrected chi connectivity index (χ4v) is 0. The number of hydrogen-bond acceptors (Lipinski definition) is 3. The second-order valence-corrected chi connectivity index (χ2v) is 2.74. The Morgan fingerprint density at radius 1 is 1.50 bits per heavy atom. The van der Waals surface area contributed by atoms with E-state index < -0.39 is 15.6 Å². The van der Waals surface area contributed by atoms with Gasteiger partial charge in [0.1, 0.15) is 0 Å². The lowest BCUT2D eigenvalue weighted by molar-refractivity contribution is -0.0510. The van der Waals surface area contributed by atoms with Crippen molar-refractivity contribution in [3.05, 3.63) is 0 Å². The number of hydrogen-bond donors (Lipinski definition) is 2. The van der Waals surface area contributed by atoms with Gasteiger partial charge in [0.15, 0.2) is 0 Å². The highest BCUT2D eigenvalue weighted by Crippen LogP contribution is 2.20. The van der Waals surface area contributed by atoms with Crippen molar-refractivity contribution >= 4 is 10.1 Å². The fourth-order valence-electron chi connectivity index (χ4n) is 0. The molecule has 0 spiro atoms. The molecule has 4 nitrogen and oxygen atoms in total. The molecule has 0 atom stereocenters. The van der Waals surface area contributed by atoms with Crippen LogP contribution in [0.25, 0.3) is 0 Å². The molecule has 0 aromatic carbocycles. The summed E-state index contributed by atoms with van der Waals surface area (Å²) in [6.45, 7) is 0.347. The second kappa shape index (κ2) is 4.97. The quantitative estimate of drug-likeness (QED) is 0.330. The molecule has 0 saturated carbocycles. The summed E-state index contributed by atoms with van der Waals surface area (Å²) >= 11 is 0. The summed E-state index contributed by atoms with van der Waals surface area (Å²) in [7, 11) is -5.84. The van der Waals surface area contributed by atoms with Gasteiger partial charge in [0.2, 0.25) is 0 Å². The highest BCUT2D eigenvalue weighted by Gasteiger charge is 2.44. The molecule has 0 aliphatic carbocycles. The van der Waals surface area contributed by atoms with E-state index in [2.05, 4.69) is 12.3 Å². The first-order chi connectivity index (χ1) is 5.16. The molecule has 0 amide bonds. The van der Waals surface area contributed by atoms with Gasteiger partial charge in [-0.05, 0) is 0 Å². The molecule has 0 aromatic rings. The minimum atomic E-state index is -5.84. The predicted octanol–water partition coefficient (Wildman–Crippen LogP) is -0.0277. The molecule has 0 saturated heterocycles. The first-order valence-electron chi connectivity index (χ1n) is 2.34. The van der Waals surface area contributed by atoms with Crippen LogP contribution < -0.4 is 5.73 Å². The van der Waals surface area contributed by atoms with Crippen LogP contribution >= 0.6 is 0 Å². The summed E-state index contributed by atoms with van der Waals surface area (Å²) in [5, 5.41) is 0. The zero-order chi connectivity index (χ0) is 10.4. The van der Waals surface area contributed by atoms with Gasteiger partial charge < -0.3 is 5.73 Å². The van der Waals surface area contributed by atoms with E-state index in [4.69, 9.17) is 18.7 Å². The topological polar surface area (TPSA) is 80.4 Å². The third-order valence-electron chi connectivity index (χ3n) is 0.410. The number of halogens is 3. The molecule has 0 aliphatic heterocycles. The van der Waals surface area contributed by atoms with Gasteiger partial charge in [-0.1, -0.05) is 5.92 Å². The smallest absolute Gasteiger partial charge is 0.320 e. The number of alkyl halides is 3.